The molecular formula is C13H13NO2. The van der Waals surface area contributed by atoms with Gasteiger partial charge < -0.3 is 9.21 Å². The average Bonchev–Trinajstić information content (AvgIpc) is 2.57. The fourth-order valence-corrected chi connectivity index (χ4v) is 2.04. The van der Waals surface area contributed by atoms with Crippen LogP contribution in [0.25, 0.3) is 11.1 Å². The molecule has 1 fully saturated rings. The predicted molar refractivity (Wildman–Crippen MR) is 60.4 cm³/mol. The molecule has 0 unspecified atom stereocenters. The van der Waals surface area contributed by atoms with Crippen molar-refractivity contribution in [2.24, 2.45) is 0 Å². The summed E-state index contributed by atoms with van der Waals surface area (Å²) in [4.78, 5) is 14.9. The zero-order chi connectivity index (χ0) is 11.0. The van der Waals surface area contributed by atoms with E-state index >= 15 is 0 Å². The lowest BCUT2D eigenvalue weighted by Gasteiger charge is -2.21. The average molecular weight is 215 g/mol. The highest BCUT2D eigenvalue weighted by atomic mass is 16.3. The van der Waals surface area contributed by atoms with Gasteiger partial charge in [-0.05, 0) is 30.5 Å². The molecule has 0 saturated heterocycles. The Bertz CT molecular complexity index is 526. The quantitative estimate of drug-likeness (QED) is 0.739. The summed E-state index contributed by atoms with van der Waals surface area (Å²) < 4.78 is 5.71. The Labute approximate surface area is 93.5 Å². The van der Waals surface area contributed by atoms with Gasteiger partial charge in [0.25, 0.3) is 0 Å². The Morgan fingerprint density at radius 3 is 3.00 bits per heavy atom. The summed E-state index contributed by atoms with van der Waals surface area (Å²) in [6.07, 6.45) is 5.01. The summed E-state index contributed by atoms with van der Waals surface area (Å²) in [5.41, 5.74) is 2.70. The highest BCUT2D eigenvalue weighted by Gasteiger charge is 2.24. The smallest absolute Gasteiger partial charge is 0.198 e. The molecule has 0 spiro atoms. The van der Waals surface area contributed by atoms with Crippen molar-refractivity contribution < 1.29 is 9.21 Å². The van der Waals surface area contributed by atoms with E-state index in [2.05, 4.69) is 4.98 Å². The van der Waals surface area contributed by atoms with Crippen LogP contribution < -0.4 is 0 Å². The van der Waals surface area contributed by atoms with E-state index < -0.39 is 0 Å². The molecule has 1 saturated carbocycles. The molecule has 2 aromatic rings. The highest BCUT2D eigenvalue weighted by molar-refractivity contribution is 5.74. The first-order chi connectivity index (χ1) is 7.86. The lowest BCUT2D eigenvalue weighted by atomic mass is 9.85. The van der Waals surface area contributed by atoms with Crippen molar-refractivity contribution in [3.05, 3.63) is 29.7 Å². The number of carbonyl (C=O) groups is 1. The second-order valence-corrected chi connectivity index (χ2v) is 4.35. The Balaban J connectivity index is 1.99. The molecule has 0 radical (unpaired) electrons. The number of aromatic nitrogens is 1. The van der Waals surface area contributed by atoms with Gasteiger partial charge in [0.05, 0.1) is 0 Å². The number of nitrogens with zero attached hydrogens (tertiary/aromatic N) is 1. The van der Waals surface area contributed by atoms with Crippen LogP contribution in [0.3, 0.4) is 0 Å². The number of oxazole rings is 1. The van der Waals surface area contributed by atoms with Gasteiger partial charge in [0.2, 0.25) is 0 Å². The van der Waals surface area contributed by atoms with Crippen molar-refractivity contribution >= 4 is 17.4 Å². The topological polar surface area (TPSA) is 43.1 Å². The molecule has 3 heteroatoms. The number of hydrogen-bond acceptors (Lipinski definition) is 3. The maximum absolute atomic E-state index is 10.4. The van der Waals surface area contributed by atoms with Crippen molar-refractivity contribution in [3.63, 3.8) is 0 Å². The monoisotopic (exact) mass is 215 g/mol. The lowest BCUT2D eigenvalue weighted by molar-refractivity contribution is -0.107. The first kappa shape index (κ1) is 9.58. The predicted octanol–water partition coefficient (Wildman–Crippen LogP) is 2.84. The molecule has 0 amide bonds. The molecule has 0 atom stereocenters. The summed E-state index contributed by atoms with van der Waals surface area (Å²) in [5.74, 6) is 1.38. The standard InChI is InChI=1S/C13H13NO2/c15-7-6-9-4-5-12-11(8-9)14-13(16-12)10-2-1-3-10/h4-5,7-8,10H,1-3,6H2. The summed E-state index contributed by atoms with van der Waals surface area (Å²) >= 11 is 0. The summed E-state index contributed by atoms with van der Waals surface area (Å²) in [6.45, 7) is 0. The van der Waals surface area contributed by atoms with Crippen molar-refractivity contribution in [2.45, 2.75) is 31.6 Å². The fourth-order valence-electron chi connectivity index (χ4n) is 2.04. The van der Waals surface area contributed by atoms with Crippen LogP contribution in [0.1, 0.15) is 36.6 Å². The van der Waals surface area contributed by atoms with Gasteiger partial charge in [-0.1, -0.05) is 12.5 Å². The Kier molecular flexibility index (Phi) is 2.24. The number of hydrogen-bond donors (Lipinski definition) is 0. The first-order valence-corrected chi connectivity index (χ1v) is 5.70. The minimum Gasteiger partial charge on any atom is -0.440 e. The minimum atomic E-state index is 0.446. The van der Waals surface area contributed by atoms with E-state index in [-0.39, 0.29) is 0 Å². The molecule has 0 N–H and O–H groups in total. The minimum absolute atomic E-state index is 0.446. The number of fused-ring (bicyclic) bond motifs is 1. The van der Waals surface area contributed by atoms with Gasteiger partial charge in [0, 0.05) is 12.3 Å². The van der Waals surface area contributed by atoms with Crippen LogP contribution in [-0.2, 0) is 11.2 Å². The van der Waals surface area contributed by atoms with Gasteiger partial charge in [-0.25, -0.2) is 4.98 Å². The fraction of sp³-hybridized carbons (Fsp3) is 0.385. The molecule has 0 bridgehead atoms. The normalized spacial score (nSPS) is 16.2. The van der Waals surface area contributed by atoms with Gasteiger partial charge in [-0.15, -0.1) is 0 Å². The van der Waals surface area contributed by atoms with E-state index in [1.165, 1.54) is 19.3 Å². The van der Waals surface area contributed by atoms with Gasteiger partial charge in [-0.2, -0.15) is 0 Å². The number of aldehydes is 1. The molecule has 3 nitrogen and oxygen atoms in total. The molecule has 1 aliphatic carbocycles. The molecule has 1 aliphatic rings. The van der Waals surface area contributed by atoms with Crippen molar-refractivity contribution in [2.75, 3.05) is 0 Å². The van der Waals surface area contributed by atoms with Crippen LogP contribution in [0.15, 0.2) is 22.6 Å². The maximum atomic E-state index is 10.4. The second kappa shape index (κ2) is 3.74. The van der Waals surface area contributed by atoms with Crippen LogP contribution in [0.2, 0.25) is 0 Å². The maximum Gasteiger partial charge on any atom is 0.198 e. The van der Waals surface area contributed by atoms with E-state index in [0.717, 1.165) is 28.8 Å². The summed E-state index contributed by atoms with van der Waals surface area (Å²) in [5, 5.41) is 0. The van der Waals surface area contributed by atoms with E-state index in [1.54, 1.807) is 0 Å². The second-order valence-electron chi connectivity index (χ2n) is 4.35. The molecule has 1 heterocycles. The molecule has 16 heavy (non-hydrogen) atoms. The first-order valence-electron chi connectivity index (χ1n) is 5.70. The van der Waals surface area contributed by atoms with Crippen molar-refractivity contribution in [3.8, 4) is 0 Å². The summed E-state index contributed by atoms with van der Waals surface area (Å²) in [6, 6.07) is 5.77. The van der Waals surface area contributed by atoms with Gasteiger partial charge in [0.15, 0.2) is 11.5 Å². The van der Waals surface area contributed by atoms with E-state index in [1.807, 2.05) is 18.2 Å². The van der Waals surface area contributed by atoms with Gasteiger partial charge >= 0.3 is 0 Å². The van der Waals surface area contributed by atoms with Crippen LogP contribution >= 0.6 is 0 Å². The molecule has 0 aliphatic heterocycles. The third-order valence-corrected chi connectivity index (χ3v) is 3.24. The molecule has 1 aromatic carbocycles. The van der Waals surface area contributed by atoms with E-state index in [4.69, 9.17) is 4.42 Å². The third-order valence-electron chi connectivity index (χ3n) is 3.24. The third kappa shape index (κ3) is 1.52. The van der Waals surface area contributed by atoms with Crippen molar-refractivity contribution in [1.29, 1.82) is 0 Å². The lowest BCUT2D eigenvalue weighted by Crippen LogP contribution is -2.08. The molecule has 82 valence electrons. The van der Waals surface area contributed by atoms with Crippen LogP contribution in [-0.4, -0.2) is 11.3 Å². The van der Waals surface area contributed by atoms with Crippen LogP contribution in [0.5, 0.6) is 0 Å². The van der Waals surface area contributed by atoms with Gasteiger partial charge in [0.1, 0.15) is 11.8 Å². The van der Waals surface area contributed by atoms with Crippen LogP contribution in [0.4, 0.5) is 0 Å². The number of benzene rings is 1. The van der Waals surface area contributed by atoms with E-state index in [0.29, 0.717) is 12.3 Å². The Morgan fingerprint density at radius 1 is 1.44 bits per heavy atom. The molecule has 1 aromatic heterocycles. The molecular weight excluding hydrogens is 202 g/mol. The SMILES string of the molecule is O=CCc1ccc2oc(C3CCC3)nc2c1. The number of carbonyl (C=O) groups excluding carboxylic acids is 1. The Morgan fingerprint density at radius 2 is 2.31 bits per heavy atom. The number of rotatable bonds is 3. The Hall–Kier alpha value is -1.64. The zero-order valence-electron chi connectivity index (χ0n) is 8.98. The zero-order valence-corrected chi connectivity index (χ0v) is 8.98. The van der Waals surface area contributed by atoms with Gasteiger partial charge in [-0.3, -0.25) is 0 Å². The van der Waals surface area contributed by atoms with E-state index in [9.17, 15) is 4.79 Å². The summed E-state index contributed by atoms with van der Waals surface area (Å²) in [7, 11) is 0. The van der Waals surface area contributed by atoms with Crippen LogP contribution in [0, 0.1) is 0 Å². The highest BCUT2D eigenvalue weighted by Crippen LogP contribution is 2.37. The van der Waals surface area contributed by atoms with Crippen molar-refractivity contribution in [1.82, 2.24) is 4.98 Å². The molecule has 3 rings (SSSR count). The largest absolute Gasteiger partial charge is 0.440 e.